The molecule has 0 spiro atoms. The SMILES string of the molecule is CC[C@H](O)[C@@]1(C)OCN2C[C@H](C)C[C@@](C)(O)[C@H](O[C@@H]3OC(C)C[C@H](N(C)C)C3O)[C@@H](C)[C@H](O[C@H]3C[C@](C)(OC)[C@@H](O)C(C)O3)[C@@H](C)C(=O)OC1[C@H]2C. The van der Waals surface area contributed by atoms with Gasteiger partial charge in [-0.3, -0.25) is 9.69 Å². The van der Waals surface area contributed by atoms with E-state index in [-0.39, 0.29) is 37.3 Å². The molecule has 19 atom stereocenters. The Balaban J connectivity index is 1.81. The van der Waals surface area contributed by atoms with Gasteiger partial charge in [-0.1, -0.05) is 20.8 Å². The second kappa shape index (κ2) is 17.0. The number of hydrogen-bond donors (Lipinski definition) is 4. The Bertz CT molecular complexity index is 1180. The Morgan fingerprint density at radius 3 is 2.27 bits per heavy atom. The normalized spacial score (nSPS) is 50.4. The third kappa shape index (κ3) is 9.00. The summed E-state index contributed by atoms with van der Waals surface area (Å²) in [5, 5.41) is 46.2. The van der Waals surface area contributed by atoms with Gasteiger partial charge in [0.1, 0.15) is 30.6 Å². The third-order valence-corrected chi connectivity index (χ3v) is 12.5. The maximum absolute atomic E-state index is 14.5. The van der Waals surface area contributed by atoms with Crippen molar-refractivity contribution in [1.82, 2.24) is 9.80 Å². The molecule has 52 heavy (non-hydrogen) atoms. The zero-order chi connectivity index (χ0) is 39.1. The largest absolute Gasteiger partial charge is 0.457 e. The summed E-state index contributed by atoms with van der Waals surface area (Å²) >= 11 is 0. The summed E-state index contributed by atoms with van der Waals surface area (Å²) in [4.78, 5) is 18.5. The summed E-state index contributed by atoms with van der Waals surface area (Å²) in [6, 6.07) is -0.574. The molecule has 0 aliphatic carbocycles. The van der Waals surface area contributed by atoms with Crippen LogP contribution in [0.4, 0.5) is 0 Å². The number of methoxy groups -OCH3 is 1. The molecule has 0 radical (unpaired) electrons. The van der Waals surface area contributed by atoms with Gasteiger partial charge in [-0.05, 0) is 87.7 Å². The number of aliphatic hydroxyl groups is 4. The van der Waals surface area contributed by atoms with E-state index in [1.165, 1.54) is 7.11 Å². The fourth-order valence-electron chi connectivity index (χ4n) is 9.15. The number of aliphatic hydroxyl groups excluding tert-OH is 3. The highest BCUT2D eigenvalue weighted by atomic mass is 16.7. The van der Waals surface area contributed by atoms with Gasteiger partial charge in [0.15, 0.2) is 12.6 Å². The van der Waals surface area contributed by atoms with E-state index in [0.717, 1.165) is 0 Å². The van der Waals surface area contributed by atoms with E-state index in [1.807, 2.05) is 53.6 Å². The van der Waals surface area contributed by atoms with Crippen LogP contribution in [0.2, 0.25) is 0 Å². The van der Waals surface area contributed by atoms with E-state index in [9.17, 15) is 25.2 Å². The highest BCUT2D eigenvalue weighted by Crippen LogP contribution is 2.41. The number of esters is 1. The topological polar surface area (TPSA) is 169 Å². The summed E-state index contributed by atoms with van der Waals surface area (Å²) in [6.45, 7) is 19.1. The second-order valence-corrected chi connectivity index (χ2v) is 17.2. The van der Waals surface area contributed by atoms with E-state index >= 15 is 0 Å². The standard InChI is InChI=1S/C38H70N2O12/c1-14-27(41)38(10)33-24(6)40(19-47-38)18-20(2)16-36(8,45)32(52-35-29(42)26(39(11)12)15-21(3)48-35)22(4)30(23(5)34(44)51-33)50-28-17-37(9,46-13)31(43)25(7)49-28/h20-33,35,41-43,45H,14-19H2,1-13H3/t20-,21?,22+,23-,24-,25?,26+,27+,28+,29?,30+,31+,32-,33?,35+,36-,37+,38-/m1/s1. The number of hydrogen-bond acceptors (Lipinski definition) is 14. The lowest BCUT2D eigenvalue weighted by Crippen LogP contribution is -2.66. The molecule has 0 aromatic carbocycles. The van der Waals surface area contributed by atoms with E-state index < -0.39 is 89.9 Å². The third-order valence-electron chi connectivity index (χ3n) is 12.5. The van der Waals surface area contributed by atoms with Crippen molar-refractivity contribution in [3.05, 3.63) is 0 Å². The number of nitrogens with zero attached hydrogens (tertiary/aromatic N) is 2. The second-order valence-electron chi connectivity index (χ2n) is 17.2. The van der Waals surface area contributed by atoms with Gasteiger partial charge in [-0.15, -0.1) is 0 Å². The van der Waals surface area contributed by atoms with Crippen LogP contribution >= 0.6 is 0 Å². The van der Waals surface area contributed by atoms with Gasteiger partial charge in [0.05, 0.1) is 47.6 Å². The number of fused-ring (bicyclic) bond motifs is 2. The Hall–Kier alpha value is -1.01. The van der Waals surface area contributed by atoms with Gasteiger partial charge in [0.25, 0.3) is 0 Å². The first-order chi connectivity index (χ1) is 24.1. The highest BCUT2D eigenvalue weighted by Gasteiger charge is 2.55. The van der Waals surface area contributed by atoms with Crippen molar-refractivity contribution in [2.75, 3.05) is 34.5 Å². The molecule has 4 saturated heterocycles. The van der Waals surface area contributed by atoms with Crippen LogP contribution in [0.25, 0.3) is 0 Å². The molecule has 14 nitrogen and oxygen atoms in total. The molecule has 304 valence electrons. The summed E-state index contributed by atoms with van der Waals surface area (Å²) in [7, 11) is 5.32. The molecule has 0 aromatic rings. The van der Waals surface area contributed by atoms with Gasteiger partial charge in [0, 0.05) is 38.1 Å². The summed E-state index contributed by atoms with van der Waals surface area (Å²) in [6.07, 6.45) is -7.03. The van der Waals surface area contributed by atoms with E-state index in [2.05, 4.69) is 4.90 Å². The van der Waals surface area contributed by atoms with Crippen LogP contribution in [0.3, 0.4) is 0 Å². The fraction of sp³-hybridized carbons (Fsp3) is 0.974. The van der Waals surface area contributed by atoms with E-state index in [1.54, 1.807) is 34.6 Å². The predicted octanol–water partition coefficient (Wildman–Crippen LogP) is 2.27. The Morgan fingerprint density at radius 2 is 1.67 bits per heavy atom. The summed E-state index contributed by atoms with van der Waals surface area (Å²) < 4.78 is 44.4. The molecular weight excluding hydrogens is 676 g/mol. The maximum atomic E-state index is 14.5. The Labute approximate surface area is 311 Å². The Morgan fingerprint density at radius 1 is 1.02 bits per heavy atom. The average Bonchev–Trinajstić information content (AvgIpc) is 3.07. The minimum Gasteiger partial charge on any atom is -0.457 e. The van der Waals surface area contributed by atoms with Crippen molar-refractivity contribution in [2.24, 2.45) is 17.8 Å². The summed E-state index contributed by atoms with van der Waals surface area (Å²) in [5.41, 5.74) is -3.67. The van der Waals surface area contributed by atoms with E-state index in [4.69, 9.17) is 33.2 Å². The minimum atomic E-state index is -1.50. The van der Waals surface area contributed by atoms with Crippen LogP contribution in [0.5, 0.6) is 0 Å². The quantitative estimate of drug-likeness (QED) is 0.267. The van der Waals surface area contributed by atoms with Crippen LogP contribution in [-0.2, 0) is 38.0 Å². The van der Waals surface area contributed by atoms with Crippen LogP contribution in [0.1, 0.15) is 94.9 Å². The lowest BCUT2D eigenvalue weighted by Gasteiger charge is -2.51. The van der Waals surface area contributed by atoms with Crippen LogP contribution in [-0.4, -0.2) is 161 Å². The van der Waals surface area contributed by atoms with E-state index in [0.29, 0.717) is 25.8 Å². The van der Waals surface area contributed by atoms with Crippen LogP contribution < -0.4 is 0 Å². The molecule has 0 saturated carbocycles. The molecule has 4 rings (SSSR count). The number of ether oxygens (including phenoxy) is 7. The molecule has 0 aromatic heterocycles. The van der Waals surface area contributed by atoms with Crippen LogP contribution in [0.15, 0.2) is 0 Å². The Kier molecular flexibility index (Phi) is 14.3. The monoisotopic (exact) mass is 746 g/mol. The molecule has 0 amide bonds. The van der Waals surface area contributed by atoms with Crippen molar-refractivity contribution < 1.29 is 58.4 Å². The zero-order valence-electron chi connectivity index (χ0n) is 33.9. The summed E-state index contributed by atoms with van der Waals surface area (Å²) in [5.74, 6) is -2.30. The molecule has 4 heterocycles. The lowest BCUT2D eigenvalue weighted by molar-refractivity contribution is -0.318. The first-order valence-corrected chi connectivity index (χ1v) is 19.3. The lowest BCUT2D eigenvalue weighted by atomic mass is 9.77. The molecule has 4 fully saturated rings. The van der Waals surface area contributed by atoms with Gasteiger partial charge in [-0.25, -0.2) is 0 Å². The first kappa shape index (κ1) is 43.7. The van der Waals surface area contributed by atoms with Crippen molar-refractivity contribution in [1.29, 1.82) is 0 Å². The molecule has 4 aliphatic heterocycles. The molecule has 4 aliphatic rings. The molecule has 2 bridgehead atoms. The zero-order valence-corrected chi connectivity index (χ0v) is 33.9. The van der Waals surface area contributed by atoms with Crippen molar-refractivity contribution in [3.63, 3.8) is 0 Å². The van der Waals surface area contributed by atoms with Gasteiger partial charge in [0.2, 0.25) is 0 Å². The average molecular weight is 747 g/mol. The molecule has 5 unspecified atom stereocenters. The van der Waals surface area contributed by atoms with Crippen molar-refractivity contribution >= 4 is 5.97 Å². The van der Waals surface area contributed by atoms with Gasteiger partial charge in [-0.2, -0.15) is 0 Å². The molecular formula is C38H70N2O12. The fourth-order valence-corrected chi connectivity index (χ4v) is 9.15. The number of carbonyl (C=O) groups excluding carboxylic acids is 1. The molecule has 4 N–H and O–H groups in total. The van der Waals surface area contributed by atoms with Crippen molar-refractivity contribution in [2.45, 2.75) is 185 Å². The highest BCUT2D eigenvalue weighted by molar-refractivity contribution is 5.73. The van der Waals surface area contributed by atoms with Gasteiger partial charge >= 0.3 is 5.97 Å². The molecule has 14 heteroatoms. The van der Waals surface area contributed by atoms with Crippen molar-refractivity contribution in [3.8, 4) is 0 Å². The smallest absolute Gasteiger partial charge is 0.311 e. The number of carbonyl (C=O) groups is 1. The first-order valence-electron chi connectivity index (χ1n) is 19.3. The van der Waals surface area contributed by atoms with Crippen LogP contribution in [0, 0.1) is 17.8 Å². The number of rotatable bonds is 8. The number of likely N-dealkylation sites (N-methyl/N-ethyl adjacent to an activating group) is 1. The minimum absolute atomic E-state index is 0.0919. The predicted molar refractivity (Wildman–Crippen MR) is 192 cm³/mol. The maximum Gasteiger partial charge on any atom is 0.311 e. The van der Waals surface area contributed by atoms with Gasteiger partial charge < -0.3 is 58.5 Å².